The van der Waals surface area contributed by atoms with Crippen molar-refractivity contribution in [2.75, 3.05) is 11.9 Å². The number of imide groups is 1. The van der Waals surface area contributed by atoms with Gasteiger partial charge in [0.1, 0.15) is 23.7 Å². The summed E-state index contributed by atoms with van der Waals surface area (Å²) in [5.41, 5.74) is 0.689. The van der Waals surface area contributed by atoms with Gasteiger partial charge in [-0.3, -0.25) is 19.3 Å². The molecule has 2 aromatic rings. The number of carbonyl (C=O) groups excluding carboxylic acids is 3. The molecule has 6 nitrogen and oxygen atoms in total. The first-order chi connectivity index (χ1) is 14.8. The third-order valence-electron chi connectivity index (χ3n) is 7.09. The van der Waals surface area contributed by atoms with Crippen LogP contribution >= 0.6 is 0 Å². The maximum atomic E-state index is 14.2. The normalized spacial score (nSPS) is 29.1. The minimum Gasteiger partial charge on any atom is -0.326 e. The van der Waals surface area contributed by atoms with Crippen molar-refractivity contribution < 1.29 is 24.1 Å². The second-order valence-electron chi connectivity index (χ2n) is 9.07. The van der Waals surface area contributed by atoms with Crippen LogP contribution < -0.4 is 10.6 Å². The molecule has 3 aliphatic heterocycles. The minimum atomic E-state index is -1.31. The van der Waals surface area contributed by atoms with E-state index in [1.165, 1.54) is 23.1 Å². The highest BCUT2D eigenvalue weighted by Gasteiger charge is 2.74. The molecule has 2 fully saturated rings. The second-order valence-corrected chi connectivity index (χ2v) is 9.07. The quantitative estimate of drug-likeness (QED) is 0.731. The van der Waals surface area contributed by atoms with Gasteiger partial charge in [-0.2, -0.15) is 0 Å². The van der Waals surface area contributed by atoms with E-state index in [4.69, 9.17) is 0 Å². The van der Waals surface area contributed by atoms with Gasteiger partial charge in [-0.1, -0.05) is 44.2 Å². The van der Waals surface area contributed by atoms with Crippen LogP contribution in [0.25, 0.3) is 0 Å². The lowest BCUT2D eigenvalue weighted by molar-refractivity contribution is -0.738. The molecule has 0 saturated carbocycles. The van der Waals surface area contributed by atoms with Gasteiger partial charge in [-0.15, -0.1) is 0 Å². The number of nitrogens with one attached hydrogen (secondary N) is 1. The predicted molar refractivity (Wildman–Crippen MR) is 111 cm³/mol. The number of hydrogen-bond acceptors (Lipinski definition) is 3. The molecule has 2 saturated heterocycles. The molecule has 0 bridgehead atoms. The molecule has 0 aliphatic carbocycles. The van der Waals surface area contributed by atoms with E-state index in [1.54, 1.807) is 0 Å². The standard InChI is InChI=1S/C24H24FN3O3/c1-13(2)20-18-19(22(30)28(21(18)29)11-10-14-6-4-3-5-7-14)24(27-20)16-12-15(25)8-9-17(16)26-23(24)31/h3-9,12-13,18-20,27H,10-11H2,1-2H3,(H,26,31)/p+1/t18-,19-,20+,24+/m0/s1. The Labute approximate surface area is 179 Å². The van der Waals surface area contributed by atoms with Gasteiger partial charge in [0.15, 0.2) is 0 Å². The predicted octanol–water partition coefficient (Wildman–Crippen LogP) is 1.42. The smallest absolute Gasteiger partial charge is 0.291 e. The summed E-state index contributed by atoms with van der Waals surface area (Å²) in [5.74, 6) is -2.77. The van der Waals surface area contributed by atoms with Crippen molar-refractivity contribution in [3.05, 3.63) is 65.5 Å². The van der Waals surface area contributed by atoms with Crippen molar-refractivity contribution in [1.82, 2.24) is 4.90 Å². The van der Waals surface area contributed by atoms with E-state index in [0.717, 1.165) is 5.56 Å². The molecule has 1 spiro atoms. The summed E-state index contributed by atoms with van der Waals surface area (Å²) in [4.78, 5) is 41.6. The molecule has 3 heterocycles. The summed E-state index contributed by atoms with van der Waals surface area (Å²) in [7, 11) is 0. The highest BCUT2D eigenvalue weighted by Crippen LogP contribution is 2.50. The van der Waals surface area contributed by atoms with Crippen molar-refractivity contribution in [3.63, 3.8) is 0 Å². The Bertz CT molecular complexity index is 1090. The zero-order valence-electron chi connectivity index (χ0n) is 17.5. The SMILES string of the molecule is CC(C)[C@H]1[NH2+][C@@]2(C(=O)Nc3ccc(F)cc32)[C@@H]2C(=O)N(CCc3ccccc3)C(=O)[C@H]12. The third kappa shape index (κ3) is 2.76. The molecule has 3 aliphatic rings. The van der Waals surface area contributed by atoms with Crippen molar-refractivity contribution in [2.24, 2.45) is 17.8 Å². The van der Waals surface area contributed by atoms with Crippen LogP contribution in [0.3, 0.4) is 0 Å². The Kier molecular flexibility index (Phi) is 4.48. The van der Waals surface area contributed by atoms with Crippen LogP contribution in [0.1, 0.15) is 25.0 Å². The molecule has 160 valence electrons. The van der Waals surface area contributed by atoms with E-state index >= 15 is 0 Å². The third-order valence-corrected chi connectivity index (χ3v) is 7.09. The van der Waals surface area contributed by atoms with E-state index in [1.807, 2.05) is 49.5 Å². The number of fused-ring (bicyclic) bond motifs is 4. The number of nitrogens with two attached hydrogens (primary N) is 1. The van der Waals surface area contributed by atoms with Gasteiger partial charge in [0, 0.05) is 18.0 Å². The number of anilines is 1. The van der Waals surface area contributed by atoms with Crippen molar-refractivity contribution >= 4 is 23.4 Å². The van der Waals surface area contributed by atoms with Gasteiger partial charge in [0.25, 0.3) is 5.91 Å². The van der Waals surface area contributed by atoms with Crippen LogP contribution in [-0.2, 0) is 26.3 Å². The number of nitrogens with zero attached hydrogens (tertiary/aromatic N) is 1. The Morgan fingerprint density at radius 2 is 1.84 bits per heavy atom. The van der Waals surface area contributed by atoms with E-state index in [-0.39, 0.29) is 36.2 Å². The second kappa shape index (κ2) is 6.99. The summed E-state index contributed by atoms with van der Waals surface area (Å²) >= 11 is 0. The lowest BCUT2D eigenvalue weighted by Gasteiger charge is -2.27. The number of amides is 3. The van der Waals surface area contributed by atoms with Crippen molar-refractivity contribution in [1.29, 1.82) is 0 Å². The monoisotopic (exact) mass is 422 g/mol. The van der Waals surface area contributed by atoms with E-state index in [2.05, 4.69) is 5.32 Å². The molecule has 0 radical (unpaired) electrons. The number of benzene rings is 2. The number of rotatable bonds is 4. The van der Waals surface area contributed by atoms with Gasteiger partial charge >= 0.3 is 0 Å². The summed E-state index contributed by atoms with van der Waals surface area (Å²) < 4.78 is 14.2. The van der Waals surface area contributed by atoms with Crippen molar-refractivity contribution in [2.45, 2.75) is 31.8 Å². The molecule has 7 heteroatoms. The number of hydrogen-bond donors (Lipinski definition) is 2. The summed E-state index contributed by atoms with van der Waals surface area (Å²) in [5, 5.41) is 4.66. The van der Waals surface area contributed by atoms with Crippen LogP contribution in [0.15, 0.2) is 48.5 Å². The van der Waals surface area contributed by atoms with E-state index in [0.29, 0.717) is 17.7 Å². The number of halogens is 1. The summed E-state index contributed by atoms with van der Waals surface area (Å²) in [6, 6.07) is 13.6. The first kappa shape index (κ1) is 19.9. The maximum Gasteiger partial charge on any atom is 0.291 e. The molecule has 2 aromatic carbocycles. The van der Waals surface area contributed by atoms with Gasteiger partial charge in [-0.05, 0) is 30.2 Å². The number of likely N-dealkylation sites (tertiary alicyclic amines) is 1. The molecule has 0 unspecified atom stereocenters. The molecular weight excluding hydrogens is 397 g/mol. The Morgan fingerprint density at radius 1 is 1.10 bits per heavy atom. The number of carbonyl (C=O) groups is 3. The molecule has 5 rings (SSSR count). The van der Waals surface area contributed by atoms with Gasteiger partial charge < -0.3 is 10.6 Å². The van der Waals surface area contributed by atoms with Crippen LogP contribution in [0, 0.1) is 23.6 Å². The van der Waals surface area contributed by atoms with E-state index in [9.17, 15) is 18.8 Å². The Balaban J connectivity index is 1.55. The van der Waals surface area contributed by atoms with Crippen LogP contribution in [0.2, 0.25) is 0 Å². The highest BCUT2D eigenvalue weighted by molar-refractivity contribution is 6.13. The van der Waals surface area contributed by atoms with Gasteiger partial charge in [0.2, 0.25) is 17.4 Å². The van der Waals surface area contributed by atoms with Crippen LogP contribution in [0.4, 0.5) is 10.1 Å². The molecule has 31 heavy (non-hydrogen) atoms. The molecule has 3 N–H and O–H groups in total. The van der Waals surface area contributed by atoms with E-state index < -0.39 is 23.2 Å². The van der Waals surface area contributed by atoms with Crippen molar-refractivity contribution in [3.8, 4) is 0 Å². The summed E-state index contributed by atoms with van der Waals surface area (Å²) in [6.45, 7) is 4.25. The first-order valence-corrected chi connectivity index (χ1v) is 10.7. The average molecular weight is 422 g/mol. The molecular formula is C24H25FN3O3+. The zero-order chi connectivity index (χ0) is 21.9. The van der Waals surface area contributed by atoms with Gasteiger partial charge in [0.05, 0.1) is 5.69 Å². The average Bonchev–Trinajstić information content (AvgIpc) is 3.33. The number of quaternary nitrogens is 1. The zero-order valence-corrected chi connectivity index (χ0v) is 17.5. The largest absolute Gasteiger partial charge is 0.326 e. The molecule has 0 aromatic heterocycles. The maximum absolute atomic E-state index is 14.2. The van der Waals surface area contributed by atoms with Gasteiger partial charge in [-0.25, -0.2) is 4.39 Å². The highest BCUT2D eigenvalue weighted by atomic mass is 19.1. The lowest BCUT2D eigenvalue weighted by atomic mass is 9.76. The molecule has 4 atom stereocenters. The van der Waals surface area contributed by atoms with Crippen LogP contribution in [0.5, 0.6) is 0 Å². The fraction of sp³-hybridized carbons (Fsp3) is 0.375. The fourth-order valence-electron chi connectivity index (χ4n) is 5.63. The first-order valence-electron chi connectivity index (χ1n) is 10.7. The summed E-state index contributed by atoms with van der Waals surface area (Å²) in [6.07, 6.45) is 0.554. The minimum absolute atomic E-state index is 0.0584. The lowest BCUT2D eigenvalue weighted by Crippen LogP contribution is -2.99. The Morgan fingerprint density at radius 3 is 2.55 bits per heavy atom. The Hall–Kier alpha value is -3.06. The fourth-order valence-corrected chi connectivity index (χ4v) is 5.63. The molecule has 3 amide bonds. The van der Waals surface area contributed by atoms with Crippen LogP contribution in [-0.4, -0.2) is 35.2 Å². The topological polar surface area (TPSA) is 83.1 Å².